The topological polar surface area (TPSA) is 21.8 Å². The molecule has 0 N–H and O–H groups in total. The molecule has 5 fully saturated rings. The Morgan fingerprint density at radius 1 is 1.03 bits per heavy atom. The van der Waals surface area contributed by atoms with Crippen LogP contribution in [0.2, 0.25) is 0 Å². The molecule has 1 saturated heterocycles. The lowest BCUT2D eigenvalue weighted by molar-refractivity contribution is -0.155. The zero-order valence-electron chi connectivity index (χ0n) is 19.4. The van der Waals surface area contributed by atoms with Crippen molar-refractivity contribution >= 4 is 0 Å². The van der Waals surface area contributed by atoms with E-state index >= 15 is 0 Å². The number of ether oxygens (including phenoxy) is 2. The SMILES string of the molecule is C=C[C@]12CC[C@@H]3C(CC[C@@]4(C)C3[C@H](C)CC[C@@H]4C3(C)CO3)[C@H]1CC[C@H](COC)C2. The van der Waals surface area contributed by atoms with E-state index in [2.05, 4.69) is 33.4 Å². The van der Waals surface area contributed by atoms with Gasteiger partial charge in [0.25, 0.3) is 0 Å². The largest absolute Gasteiger partial charge is 0.384 e. The molecule has 0 bridgehead atoms. The van der Waals surface area contributed by atoms with E-state index in [4.69, 9.17) is 9.47 Å². The molecule has 2 nitrogen and oxygen atoms in total. The zero-order chi connectivity index (χ0) is 20.4. The Bertz CT molecular complexity index is 638. The highest BCUT2D eigenvalue weighted by atomic mass is 16.6. The van der Waals surface area contributed by atoms with Gasteiger partial charge in [-0.1, -0.05) is 26.3 Å². The lowest BCUT2D eigenvalue weighted by atomic mass is 9.40. The van der Waals surface area contributed by atoms with Crippen molar-refractivity contribution in [1.82, 2.24) is 0 Å². The van der Waals surface area contributed by atoms with E-state index in [-0.39, 0.29) is 5.60 Å². The van der Waals surface area contributed by atoms with Crippen molar-refractivity contribution in [3.05, 3.63) is 12.7 Å². The van der Waals surface area contributed by atoms with E-state index in [9.17, 15) is 0 Å². The zero-order valence-corrected chi connectivity index (χ0v) is 19.4. The molecule has 4 aliphatic carbocycles. The van der Waals surface area contributed by atoms with Crippen molar-refractivity contribution in [1.29, 1.82) is 0 Å². The fourth-order valence-electron chi connectivity index (χ4n) is 9.81. The van der Waals surface area contributed by atoms with Crippen LogP contribution in [0, 0.1) is 52.3 Å². The molecule has 0 amide bonds. The van der Waals surface area contributed by atoms with Gasteiger partial charge in [-0.05, 0) is 111 Å². The van der Waals surface area contributed by atoms with Gasteiger partial charge in [-0.15, -0.1) is 6.58 Å². The Labute approximate surface area is 179 Å². The van der Waals surface area contributed by atoms with Crippen LogP contribution < -0.4 is 0 Å². The molecule has 0 aromatic rings. The summed E-state index contributed by atoms with van der Waals surface area (Å²) in [5.41, 5.74) is 1.07. The minimum Gasteiger partial charge on any atom is -0.384 e. The summed E-state index contributed by atoms with van der Waals surface area (Å²) in [5, 5.41) is 0. The summed E-state index contributed by atoms with van der Waals surface area (Å²) in [7, 11) is 1.87. The second kappa shape index (κ2) is 7.09. The maximum atomic E-state index is 6.05. The van der Waals surface area contributed by atoms with Crippen molar-refractivity contribution in [2.75, 3.05) is 20.3 Å². The van der Waals surface area contributed by atoms with E-state index in [1.807, 2.05) is 7.11 Å². The number of hydrogen-bond donors (Lipinski definition) is 0. The van der Waals surface area contributed by atoms with Crippen LogP contribution in [0.25, 0.3) is 0 Å². The second-order valence-electron chi connectivity index (χ2n) is 12.3. The average molecular weight is 401 g/mol. The van der Waals surface area contributed by atoms with Crippen LogP contribution in [-0.4, -0.2) is 25.9 Å². The number of fused-ring (bicyclic) bond motifs is 5. The quantitative estimate of drug-likeness (QED) is 0.397. The third kappa shape index (κ3) is 3.02. The molecule has 29 heavy (non-hydrogen) atoms. The molecule has 2 heteroatoms. The number of hydrogen-bond acceptors (Lipinski definition) is 2. The van der Waals surface area contributed by atoms with E-state index in [1.165, 1.54) is 57.8 Å². The fraction of sp³-hybridized carbons (Fsp3) is 0.926. The molecule has 5 aliphatic rings. The lowest BCUT2D eigenvalue weighted by Crippen LogP contribution is -2.58. The highest BCUT2D eigenvalue weighted by molar-refractivity contribution is 5.15. The Balaban J connectivity index is 1.43. The predicted octanol–water partition coefficient (Wildman–Crippen LogP) is 6.50. The lowest BCUT2D eigenvalue weighted by Gasteiger charge is -2.65. The summed E-state index contributed by atoms with van der Waals surface area (Å²) in [4.78, 5) is 0. The van der Waals surface area contributed by atoms with Crippen LogP contribution in [-0.2, 0) is 9.47 Å². The van der Waals surface area contributed by atoms with Crippen LogP contribution in [0.1, 0.15) is 78.6 Å². The van der Waals surface area contributed by atoms with Crippen molar-refractivity contribution < 1.29 is 9.47 Å². The molecule has 1 heterocycles. The first kappa shape index (κ1) is 20.6. The van der Waals surface area contributed by atoms with Gasteiger partial charge in [0.15, 0.2) is 0 Å². The molecule has 5 rings (SSSR count). The van der Waals surface area contributed by atoms with Crippen LogP contribution in [0.4, 0.5) is 0 Å². The van der Waals surface area contributed by atoms with Gasteiger partial charge in [0.2, 0.25) is 0 Å². The molecule has 0 aromatic heterocycles. The summed E-state index contributed by atoms with van der Waals surface area (Å²) < 4.78 is 11.6. The Hall–Kier alpha value is -0.340. The minimum absolute atomic E-state index is 0.192. The summed E-state index contributed by atoms with van der Waals surface area (Å²) in [6.07, 6.45) is 15.0. The van der Waals surface area contributed by atoms with Gasteiger partial charge < -0.3 is 9.47 Å². The molecule has 0 radical (unpaired) electrons. The molecular formula is C27H44O2. The number of allylic oxidation sites excluding steroid dienone is 1. The van der Waals surface area contributed by atoms with Crippen LogP contribution in [0.15, 0.2) is 12.7 Å². The molecule has 3 unspecified atom stereocenters. The maximum absolute atomic E-state index is 6.05. The second-order valence-corrected chi connectivity index (χ2v) is 12.3. The van der Waals surface area contributed by atoms with Crippen molar-refractivity contribution in [2.24, 2.45) is 52.3 Å². The van der Waals surface area contributed by atoms with Gasteiger partial charge in [-0.2, -0.15) is 0 Å². The number of methoxy groups -OCH3 is 1. The standard InChI is InChI=1S/C27H44O2/c1-6-27-14-12-21-20(22(27)9-8-19(15-27)16-28-5)11-13-25(3)23(26(4)17-29-26)10-7-18(2)24(21)25/h6,18-24H,1,7-17H2,2-5H3/t18-,19+,20?,21-,22-,23+,24?,25-,26?,27-/m1/s1. The first-order valence-corrected chi connectivity index (χ1v) is 12.6. The van der Waals surface area contributed by atoms with Gasteiger partial charge in [-0.25, -0.2) is 0 Å². The number of epoxide rings is 1. The van der Waals surface area contributed by atoms with E-state index < -0.39 is 0 Å². The average Bonchev–Trinajstić information content (AvgIpc) is 3.45. The van der Waals surface area contributed by atoms with Gasteiger partial charge in [0.05, 0.1) is 12.2 Å². The third-order valence-corrected chi connectivity index (χ3v) is 11.0. The first-order chi connectivity index (χ1) is 13.9. The molecular weight excluding hydrogens is 356 g/mol. The van der Waals surface area contributed by atoms with Gasteiger partial charge >= 0.3 is 0 Å². The Morgan fingerprint density at radius 2 is 1.79 bits per heavy atom. The van der Waals surface area contributed by atoms with Gasteiger partial charge in [-0.3, -0.25) is 0 Å². The normalized spacial score (nSPS) is 56.6. The van der Waals surface area contributed by atoms with Crippen molar-refractivity contribution in [2.45, 2.75) is 84.2 Å². The highest BCUT2D eigenvalue weighted by Crippen LogP contribution is 2.69. The van der Waals surface area contributed by atoms with E-state index in [0.717, 1.165) is 54.6 Å². The number of rotatable bonds is 4. The highest BCUT2D eigenvalue weighted by Gasteiger charge is 2.64. The monoisotopic (exact) mass is 400 g/mol. The molecule has 0 aromatic carbocycles. The maximum Gasteiger partial charge on any atom is 0.0921 e. The van der Waals surface area contributed by atoms with E-state index in [1.54, 1.807) is 0 Å². The van der Waals surface area contributed by atoms with Gasteiger partial charge in [0, 0.05) is 13.7 Å². The molecule has 4 saturated carbocycles. The Kier molecular flexibility index (Phi) is 5.03. The van der Waals surface area contributed by atoms with E-state index in [0.29, 0.717) is 10.8 Å². The van der Waals surface area contributed by atoms with Gasteiger partial charge in [0.1, 0.15) is 0 Å². The fourth-order valence-corrected chi connectivity index (χ4v) is 9.81. The summed E-state index contributed by atoms with van der Waals surface area (Å²) >= 11 is 0. The molecule has 10 atom stereocenters. The van der Waals surface area contributed by atoms with Crippen LogP contribution >= 0.6 is 0 Å². The Morgan fingerprint density at radius 3 is 2.48 bits per heavy atom. The smallest absolute Gasteiger partial charge is 0.0921 e. The van der Waals surface area contributed by atoms with Crippen LogP contribution in [0.5, 0.6) is 0 Å². The summed E-state index contributed by atoms with van der Waals surface area (Å²) in [6.45, 7) is 14.0. The van der Waals surface area contributed by atoms with Crippen molar-refractivity contribution in [3.8, 4) is 0 Å². The predicted molar refractivity (Wildman–Crippen MR) is 119 cm³/mol. The third-order valence-electron chi connectivity index (χ3n) is 11.0. The summed E-state index contributed by atoms with van der Waals surface area (Å²) in [5.74, 6) is 6.04. The van der Waals surface area contributed by atoms with Crippen molar-refractivity contribution in [3.63, 3.8) is 0 Å². The van der Waals surface area contributed by atoms with Crippen LogP contribution in [0.3, 0.4) is 0 Å². The minimum atomic E-state index is 0.192. The molecule has 0 spiro atoms. The first-order valence-electron chi connectivity index (χ1n) is 12.6. The molecule has 1 aliphatic heterocycles. The summed E-state index contributed by atoms with van der Waals surface area (Å²) in [6, 6.07) is 0. The molecule has 164 valence electrons.